The molecule has 0 saturated heterocycles. The summed E-state index contributed by atoms with van der Waals surface area (Å²) in [6, 6.07) is 0. The van der Waals surface area contributed by atoms with Crippen molar-refractivity contribution in [2.75, 3.05) is 5.43 Å². The number of nitrogens with two attached hydrogens (primary N) is 1. The van der Waals surface area contributed by atoms with Crippen LogP contribution < -0.4 is 22.5 Å². The molecule has 0 spiro atoms. The van der Waals surface area contributed by atoms with Crippen molar-refractivity contribution in [2.45, 2.75) is 0 Å². The van der Waals surface area contributed by atoms with E-state index in [4.69, 9.17) is 5.84 Å². The van der Waals surface area contributed by atoms with Gasteiger partial charge < -0.3 is 9.99 Å². The van der Waals surface area contributed by atoms with Gasteiger partial charge >= 0.3 is 5.69 Å². The van der Waals surface area contributed by atoms with Gasteiger partial charge in [-0.2, -0.15) is 0 Å². The van der Waals surface area contributed by atoms with Crippen molar-refractivity contribution >= 4 is 5.69 Å². The molecule has 6 heteroatoms. The number of nitrogen functional groups attached to an aromatic ring is 1. The lowest BCUT2D eigenvalue weighted by Gasteiger charge is -2.04. The first-order valence-corrected chi connectivity index (χ1v) is 3.31. The van der Waals surface area contributed by atoms with Crippen LogP contribution in [0, 0.1) is 0 Å². The largest absolute Gasteiger partial charge is 0.330 e. The number of aryl methyl sites for hydroxylation is 1. The zero-order chi connectivity index (χ0) is 9.30. The summed E-state index contributed by atoms with van der Waals surface area (Å²) in [5, 5.41) is 0. The monoisotopic (exact) mass is 170 g/mol. The van der Waals surface area contributed by atoms with Gasteiger partial charge in [-0.05, 0) is 0 Å². The van der Waals surface area contributed by atoms with Crippen molar-refractivity contribution in [3.8, 4) is 0 Å². The summed E-state index contributed by atoms with van der Waals surface area (Å²) in [7, 11) is 2.94. The standard InChI is InChI=1S/C6H10N4O2/c1-9-3-4(8-7)5(11)10(2)6(9)12/h3,8H,7H2,1-2H3. The second-order valence-electron chi connectivity index (χ2n) is 2.44. The van der Waals surface area contributed by atoms with E-state index in [1.165, 1.54) is 17.8 Å². The van der Waals surface area contributed by atoms with Crippen LogP contribution in [-0.4, -0.2) is 9.13 Å². The predicted octanol–water partition coefficient (Wildman–Crippen LogP) is -1.63. The van der Waals surface area contributed by atoms with Crippen LogP contribution >= 0.6 is 0 Å². The zero-order valence-electron chi connectivity index (χ0n) is 6.87. The van der Waals surface area contributed by atoms with Gasteiger partial charge in [0.1, 0.15) is 5.69 Å². The Kier molecular flexibility index (Phi) is 2.01. The van der Waals surface area contributed by atoms with Gasteiger partial charge in [-0.15, -0.1) is 0 Å². The average molecular weight is 170 g/mol. The van der Waals surface area contributed by atoms with Crippen molar-refractivity contribution < 1.29 is 0 Å². The van der Waals surface area contributed by atoms with Gasteiger partial charge in [-0.3, -0.25) is 15.2 Å². The molecule has 0 unspecified atom stereocenters. The second kappa shape index (κ2) is 2.82. The fraction of sp³-hybridized carbons (Fsp3) is 0.333. The molecule has 0 amide bonds. The molecule has 0 aromatic carbocycles. The summed E-state index contributed by atoms with van der Waals surface area (Å²) in [4.78, 5) is 22.3. The lowest BCUT2D eigenvalue weighted by Crippen LogP contribution is -2.38. The molecule has 66 valence electrons. The van der Waals surface area contributed by atoms with Crippen LogP contribution in [0.15, 0.2) is 15.8 Å². The predicted molar refractivity (Wildman–Crippen MR) is 44.7 cm³/mol. The fourth-order valence-corrected chi connectivity index (χ4v) is 0.907. The molecule has 3 N–H and O–H groups in total. The molecule has 1 rings (SSSR count). The average Bonchev–Trinajstić information content (AvgIpc) is 2.08. The molecule has 0 aliphatic heterocycles. The molecular formula is C6H10N4O2. The molecule has 0 bridgehead atoms. The number of rotatable bonds is 1. The lowest BCUT2D eigenvalue weighted by atomic mass is 10.5. The molecule has 0 aliphatic carbocycles. The van der Waals surface area contributed by atoms with Gasteiger partial charge in [0.15, 0.2) is 0 Å². The van der Waals surface area contributed by atoms with E-state index in [1.54, 1.807) is 7.05 Å². The molecule has 1 aromatic heterocycles. The Bertz CT molecular complexity index is 403. The maximum absolute atomic E-state index is 11.2. The first-order chi connectivity index (χ1) is 5.57. The smallest absolute Gasteiger partial charge is 0.318 e. The first kappa shape index (κ1) is 8.54. The van der Waals surface area contributed by atoms with Gasteiger partial charge in [0.25, 0.3) is 5.56 Å². The Balaban J connectivity index is 3.61. The summed E-state index contributed by atoms with van der Waals surface area (Å²) >= 11 is 0. The number of hydrazine groups is 1. The maximum atomic E-state index is 11.2. The van der Waals surface area contributed by atoms with Crippen molar-refractivity contribution in [1.29, 1.82) is 0 Å². The molecular weight excluding hydrogens is 160 g/mol. The normalized spacial score (nSPS) is 9.92. The van der Waals surface area contributed by atoms with Gasteiger partial charge in [0.2, 0.25) is 0 Å². The second-order valence-corrected chi connectivity index (χ2v) is 2.44. The van der Waals surface area contributed by atoms with Crippen LogP contribution in [0.5, 0.6) is 0 Å². The van der Waals surface area contributed by atoms with Crippen LogP contribution in [-0.2, 0) is 14.1 Å². The third-order valence-electron chi connectivity index (χ3n) is 1.60. The van der Waals surface area contributed by atoms with E-state index < -0.39 is 5.56 Å². The summed E-state index contributed by atoms with van der Waals surface area (Å²) in [6.07, 6.45) is 1.35. The van der Waals surface area contributed by atoms with E-state index in [1.807, 2.05) is 0 Å². The Morgan fingerprint density at radius 3 is 2.50 bits per heavy atom. The third kappa shape index (κ3) is 1.12. The van der Waals surface area contributed by atoms with Crippen molar-refractivity contribution in [3.63, 3.8) is 0 Å². The van der Waals surface area contributed by atoms with Gasteiger partial charge in [-0.25, -0.2) is 4.79 Å². The number of nitrogens with one attached hydrogen (secondary N) is 1. The summed E-state index contributed by atoms with van der Waals surface area (Å²) in [5.74, 6) is 5.06. The minimum absolute atomic E-state index is 0.194. The molecule has 0 fully saturated rings. The molecule has 0 radical (unpaired) electrons. The third-order valence-corrected chi connectivity index (χ3v) is 1.60. The minimum Gasteiger partial charge on any atom is -0.318 e. The highest BCUT2D eigenvalue weighted by Gasteiger charge is 2.03. The van der Waals surface area contributed by atoms with Crippen molar-refractivity contribution in [1.82, 2.24) is 9.13 Å². The maximum Gasteiger partial charge on any atom is 0.330 e. The summed E-state index contributed by atoms with van der Waals surface area (Å²) in [6.45, 7) is 0. The van der Waals surface area contributed by atoms with Gasteiger partial charge in [-0.1, -0.05) is 0 Å². The number of anilines is 1. The highest BCUT2D eigenvalue weighted by Crippen LogP contribution is 1.89. The first-order valence-electron chi connectivity index (χ1n) is 3.31. The summed E-state index contributed by atoms with van der Waals surface area (Å²) in [5.41, 5.74) is 1.60. The van der Waals surface area contributed by atoms with Gasteiger partial charge in [0.05, 0.1) is 0 Å². The molecule has 0 atom stereocenters. The van der Waals surface area contributed by atoms with E-state index >= 15 is 0 Å². The lowest BCUT2D eigenvalue weighted by molar-refractivity contribution is 0.688. The summed E-state index contributed by atoms with van der Waals surface area (Å²) < 4.78 is 2.26. The van der Waals surface area contributed by atoms with E-state index in [2.05, 4.69) is 5.43 Å². The van der Waals surface area contributed by atoms with Gasteiger partial charge in [0, 0.05) is 20.3 Å². The minimum atomic E-state index is -0.430. The number of aromatic nitrogens is 2. The number of nitrogens with zero attached hydrogens (tertiary/aromatic N) is 2. The van der Waals surface area contributed by atoms with E-state index in [0.29, 0.717) is 0 Å². The van der Waals surface area contributed by atoms with E-state index in [-0.39, 0.29) is 11.4 Å². The van der Waals surface area contributed by atoms with Crippen LogP contribution in [0.1, 0.15) is 0 Å². The SMILES string of the molecule is Cn1cc(NN)c(=O)n(C)c1=O. The fourth-order valence-electron chi connectivity index (χ4n) is 0.907. The highest BCUT2D eigenvalue weighted by atomic mass is 16.2. The zero-order valence-corrected chi connectivity index (χ0v) is 6.87. The molecule has 0 saturated carbocycles. The number of hydrogen-bond acceptors (Lipinski definition) is 4. The Morgan fingerprint density at radius 2 is 2.00 bits per heavy atom. The quantitative estimate of drug-likeness (QED) is 0.391. The van der Waals surface area contributed by atoms with Crippen LogP contribution in [0.4, 0.5) is 5.69 Å². The van der Waals surface area contributed by atoms with E-state index in [9.17, 15) is 9.59 Å². The van der Waals surface area contributed by atoms with Crippen molar-refractivity contribution in [2.24, 2.45) is 19.9 Å². The van der Waals surface area contributed by atoms with Crippen molar-refractivity contribution in [3.05, 3.63) is 27.0 Å². The topological polar surface area (TPSA) is 82.1 Å². The molecule has 0 aliphatic rings. The highest BCUT2D eigenvalue weighted by molar-refractivity contribution is 5.36. The molecule has 1 aromatic rings. The number of hydrogen-bond donors (Lipinski definition) is 2. The van der Waals surface area contributed by atoms with Crippen LogP contribution in [0.2, 0.25) is 0 Å². The van der Waals surface area contributed by atoms with Crippen LogP contribution in [0.25, 0.3) is 0 Å². The Morgan fingerprint density at radius 1 is 1.42 bits per heavy atom. The van der Waals surface area contributed by atoms with E-state index in [0.717, 1.165) is 4.57 Å². The Hall–Kier alpha value is -1.56. The molecule has 1 heterocycles. The molecule has 6 nitrogen and oxygen atoms in total. The van der Waals surface area contributed by atoms with Crippen LogP contribution in [0.3, 0.4) is 0 Å². The molecule has 12 heavy (non-hydrogen) atoms. The Labute approximate surface area is 68.2 Å².